The smallest absolute Gasteiger partial charge is 0.333 e. The molecule has 3 heterocycles. The Morgan fingerprint density at radius 1 is 1.36 bits per heavy atom. The minimum atomic E-state index is -2.69. The van der Waals surface area contributed by atoms with Gasteiger partial charge in [0.25, 0.3) is 0 Å². The van der Waals surface area contributed by atoms with Gasteiger partial charge in [0.05, 0.1) is 30.9 Å². The first-order valence-corrected chi connectivity index (χ1v) is 8.88. The van der Waals surface area contributed by atoms with E-state index in [0.717, 1.165) is 26.1 Å². The molecule has 1 aromatic rings. The zero-order valence-electron chi connectivity index (χ0n) is 15.0. The van der Waals surface area contributed by atoms with Crippen molar-refractivity contribution in [2.45, 2.75) is 52.3 Å². The lowest BCUT2D eigenvalue weighted by atomic mass is 9.97. The molecule has 2 atom stereocenters. The van der Waals surface area contributed by atoms with E-state index in [0.29, 0.717) is 34.8 Å². The van der Waals surface area contributed by atoms with E-state index in [1.54, 1.807) is 13.8 Å². The van der Waals surface area contributed by atoms with E-state index in [1.165, 1.54) is 0 Å². The molecule has 2 aliphatic heterocycles. The molecule has 3 rings (SSSR count). The van der Waals surface area contributed by atoms with Crippen molar-refractivity contribution in [2.75, 3.05) is 32.8 Å². The SMILES string of the molecule is CCN1CC[C@H]2OCCN(C(=O)Cc3c(C)nn(C(F)F)c3C)[C@H]2C1. The first-order valence-electron chi connectivity index (χ1n) is 8.88. The van der Waals surface area contributed by atoms with Crippen molar-refractivity contribution in [1.82, 2.24) is 19.6 Å². The predicted octanol–water partition coefficient (Wildman–Crippen LogP) is 1.76. The number of fused-ring (bicyclic) bond motifs is 1. The largest absolute Gasteiger partial charge is 0.374 e. The summed E-state index contributed by atoms with van der Waals surface area (Å²) >= 11 is 0. The van der Waals surface area contributed by atoms with Crippen LogP contribution in [0.2, 0.25) is 0 Å². The summed E-state index contributed by atoms with van der Waals surface area (Å²) in [7, 11) is 0. The summed E-state index contributed by atoms with van der Waals surface area (Å²) in [6.45, 7) is 6.52. The quantitative estimate of drug-likeness (QED) is 0.825. The van der Waals surface area contributed by atoms with Crippen molar-refractivity contribution in [3.05, 3.63) is 17.0 Å². The van der Waals surface area contributed by atoms with Crippen LogP contribution in [0.25, 0.3) is 0 Å². The van der Waals surface area contributed by atoms with Gasteiger partial charge in [-0.2, -0.15) is 13.9 Å². The van der Waals surface area contributed by atoms with Gasteiger partial charge < -0.3 is 14.5 Å². The molecule has 6 nitrogen and oxygen atoms in total. The summed E-state index contributed by atoms with van der Waals surface area (Å²) in [6, 6.07) is 0.0423. The fourth-order valence-corrected chi connectivity index (χ4v) is 3.93. The first-order chi connectivity index (χ1) is 11.9. The Morgan fingerprint density at radius 2 is 2.12 bits per heavy atom. The minimum absolute atomic E-state index is 0.0312. The predicted molar refractivity (Wildman–Crippen MR) is 88.6 cm³/mol. The molecular weight excluding hydrogens is 330 g/mol. The number of carbonyl (C=O) groups is 1. The van der Waals surface area contributed by atoms with Crippen molar-refractivity contribution in [1.29, 1.82) is 0 Å². The average Bonchev–Trinajstić information content (AvgIpc) is 2.89. The number of hydrogen-bond donors (Lipinski definition) is 0. The number of piperidine rings is 1. The molecule has 0 saturated carbocycles. The van der Waals surface area contributed by atoms with Crippen LogP contribution in [0.5, 0.6) is 0 Å². The van der Waals surface area contributed by atoms with Crippen LogP contribution in [0.1, 0.15) is 36.8 Å². The van der Waals surface area contributed by atoms with Gasteiger partial charge in [-0.15, -0.1) is 0 Å². The highest BCUT2D eigenvalue weighted by atomic mass is 19.3. The third-order valence-corrected chi connectivity index (χ3v) is 5.42. The van der Waals surface area contributed by atoms with E-state index in [4.69, 9.17) is 4.74 Å². The molecule has 0 radical (unpaired) electrons. The standard InChI is InChI=1S/C17H26F2N4O2/c1-4-21-6-5-15-14(10-21)22(7-8-25-15)16(24)9-13-11(2)20-23(12(13)3)17(18)19/h14-15,17H,4-10H2,1-3H3/t14-,15+/m0/s1. The number of rotatable bonds is 4. The monoisotopic (exact) mass is 356 g/mol. The van der Waals surface area contributed by atoms with Crippen LogP contribution < -0.4 is 0 Å². The Balaban J connectivity index is 1.76. The fourth-order valence-electron chi connectivity index (χ4n) is 3.93. The number of alkyl halides is 2. The van der Waals surface area contributed by atoms with Crippen LogP contribution in [-0.4, -0.2) is 70.4 Å². The highest BCUT2D eigenvalue weighted by Crippen LogP contribution is 2.25. The number of aryl methyl sites for hydroxylation is 1. The van der Waals surface area contributed by atoms with Gasteiger partial charge in [-0.1, -0.05) is 6.92 Å². The highest BCUT2D eigenvalue weighted by Gasteiger charge is 2.39. The second kappa shape index (κ2) is 7.37. The lowest BCUT2D eigenvalue weighted by molar-refractivity contribution is -0.151. The summed E-state index contributed by atoms with van der Waals surface area (Å²) in [5.41, 5.74) is 1.47. The maximum atomic E-state index is 13.0. The Hall–Kier alpha value is -1.54. The number of morpholine rings is 1. The Morgan fingerprint density at radius 3 is 2.76 bits per heavy atom. The number of carbonyl (C=O) groups excluding carboxylic acids is 1. The second-order valence-corrected chi connectivity index (χ2v) is 6.79. The van der Waals surface area contributed by atoms with Crippen molar-refractivity contribution >= 4 is 5.91 Å². The molecule has 2 fully saturated rings. The van der Waals surface area contributed by atoms with Gasteiger partial charge in [-0.25, -0.2) is 4.68 Å². The van der Waals surface area contributed by atoms with Crippen LogP contribution in [0.4, 0.5) is 8.78 Å². The van der Waals surface area contributed by atoms with Crippen molar-refractivity contribution in [2.24, 2.45) is 0 Å². The number of hydrogen-bond acceptors (Lipinski definition) is 4. The molecule has 1 aromatic heterocycles. The molecule has 0 bridgehead atoms. The Labute approximate surface area is 146 Å². The second-order valence-electron chi connectivity index (χ2n) is 6.79. The lowest BCUT2D eigenvalue weighted by Gasteiger charge is -2.47. The molecule has 0 aliphatic carbocycles. The van der Waals surface area contributed by atoms with Crippen LogP contribution >= 0.6 is 0 Å². The number of amides is 1. The van der Waals surface area contributed by atoms with Gasteiger partial charge in [-0.3, -0.25) is 4.79 Å². The van der Waals surface area contributed by atoms with E-state index >= 15 is 0 Å². The van der Waals surface area contributed by atoms with Gasteiger partial charge in [0.1, 0.15) is 0 Å². The minimum Gasteiger partial charge on any atom is -0.374 e. The average molecular weight is 356 g/mol. The highest BCUT2D eigenvalue weighted by molar-refractivity contribution is 5.80. The Kier molecular flexibility index (Phi) is 5.38. The van der Waals surface area contributed by atoms with Crippen molar-refractivity contribution < 1.29 is 18.3 Å². The van der Waals surface area contributed by atoms with Crippen molar-refractivity contribution in [3.63, 3.8) is 0 Å². The van der Waals surface area contributed by atoms with E-state index in [1.807, 2.05) is 4.90 Å². The van der Waals surface area contributed by atoms with Gasteiger partial charge in [0.2, 0.25) is 5.91 Å². The summed E-state index contributed by atoms with van der Waals surface area (Å²) in [4.78, 5) is 17.1. The normalized spacial score (nSPS) is 24.6. The molecule has 0 aromatic carbocycles. The molecule has 25 heavy (non-hydrogen) atoms. The topological polar surface area (TPSA) is 50.6 Å². The number of aromatic nitrogens is 2. The van der Waals surface area contributed by atoms with E-state index < -0.39 is 6.55 Å². The zero-order valence-corrected chi connectivity index (χ0v) is 15.0. The zero-order chi connectivity index (χ0) is 18.1. The van der Waals surface area contributed by atoms with Crippen molar-refractivity contribution in [3.8, 4) is 0 Å². The third kappa shape index (κ3) is 3.55. The summed E-state index contributed by atoms with van der Waals surface area (Å²) in [5, 5.41) is 3.88. The first kappa shape index (κ1) is 18.3. The fraction of sp³-hybridized carbons (Fsp3) is 0.765. The number of likely N-dealkylation sites (tertiary alicyclic amines) is 1. The number of nitrogens with zero attached hydrogens (tertiary/aromatic N) is 4. The maximum Gasteiger partial charge on any atom is 0.333 e. The van der Waals surface area contributed by atoms with Gasteiger partial charge in [0.15, 0.2) is 0 Å². The maximum absolute atomic E-state index is 13.0. The van der Waals surface area contributed by atoms with Gasteiger partial charge >= 0.3 is 6.55 Å². The molecular formula is C17H26F2N4O2. The molecule has 140 valence electrons. The van der Waals surface area contributed by atoms with Gasteiger partial charge in [-0.05, 0) is 26.8 Å². The van der Waals surface area contributed by atoms with Crippen LogP contribution in [0.15, 0.2) is 0 Å². The summed E-state index contributed by atoms with van der Waals surface area (Å²) < 4.78 is 32.5. The Bertz CT molecular complexity index is 634. The van der Waals surface area contributed by atoms with E-state index in [2.05, 4.69) is 16.9 Å². The van der Waals surface area contributed by atoms with Gasteiger partial charge in [0, 0.05) is 30.9 Å². The third-order valence-electron chi connectivity index (χ3n) is 5.42. The molecule has 1 amide bonds. The number of halogens is 2. The van der Waals surface area contributed by atoms with E-state index in [9.17, 15) is 13.6 Å². The summed E-state index contributed by atoms with van der Waals surface area (Å²) in [5.74, 6) is -0.0312. The molecule has 0 N–H and O–H groups in total. The molecule has 0 unspecified atom stereocenters. The van der Waals surface area contributed by atoms with E-state index in [-0.39, 0.29) is 24.5 Å². The van der Waals surface area contributed by atoms with Crippen LogP contribution in [-0.2, 0) is 16.0 Å². The van der Waals surface area contributed by atoms with Crippen LogP contribution in [0, 0.1) is 13.8 Å². The lowest BCUT2D eigenvalue weighted by Crippen LogP contribution is -2.61. The van der Waals surface area contributed by atoms with Crippen LogP contribution in [0.3, 0.4) is 0 Å². The summed E-state index contributed by atoms with van der Waals surface area (Å²) in [6.07, 6.45) is 1.11. The molecule has 2 saturated heterocycles. The molecule has 0 spiro atoms. The molecule has 2 aliphatic rings. The molecule has 8 heteroatoms. The number of likely N-dealkylation sites (N-methyl/N-ethyl adjacent to an activating group) is 1. The number of ether oxygens (including phenoxy) is 1.